The molecule has 4 aromatic rings. The third-order valence-electron chi connectivity index (χ3n) is 6.28. The number of amides is 1. The summed E-state index contributed by atoms with van der Waals surface area (Å²) in [6.45, 7) is 1.63. The number of rotatable bonds is 5. The molecule has 1 aliphatic rings. The Balaban J connectivity index is 1.43. The van der Waals surface area contributed by atoms with E-state index in [-0.39, 0.29) is 17.3 Å². The molecular weight excluding hydrogens is 438 g/mol. The highest BCUT2D eigenvalue weighted by molar-refractivity contribution is 6.27. The normalized spacial score (nSPS) is 13.2. The van der Waals surface area contributed by atoms with Crippen LogP contribution in [0.4, 0.5) is 0 Å². The first-order chi connectivity index (χ1) is 16.0. The van der Waals surface area contributed by atoms with E-state index in [1.807, 2.05) is 49.5 Å². The lowest BCUT2D eigenvalue weighted by Crippen LogP contribution is -2.37. The Bertz CT molecular complexity index is 1390. The Morgan fingerprint density at radius 1 is 1.09 bits per heavy atom. The first kappa shape index (κ1) is 21.3. The molecular formula is C26H24ClN3O3. The first-order valence-corrected chi connectivity index (χ1v) is 11.4. The van der Waals surface area contributed by atoms with Crippen molar-refractivity contribution in [2.24, 2.45) is 7.05 Å². The summed E-state index contributed by atoms with van der Waals surface area (Å²) in [5.41, 5.74) is 5.09. The van der Waals surface area contributed by atoms with Crippen molar-refractivity contribution in [1.29, 1.82) is 0 Å². The van der Waals surface area contributed by atoms with E-state index in [0.717, 1.165) is 34.3 Å². The maximum atomic E-state index is 12.8. The van der Waals surface area contributed by atoms with Crippen LogP contribution in [0.15, 0.2) is 71.7 Å². The molecule has 2 aromatic carbocycles. The molecule has 0 saturated heterocycles. The van der Waals surface area contributed by atoms with Gasteiger partial charge in [0.1, 0.15) is 18.2 Å². The number of hydrogen-bond acceptors (Lipinski definition) is 3. The molecule has 168 valence electrons. The zero-order valence-electron chi connectivity index (χ0n) is 18.3. The number of carbonyl (C=O) groups excluding carboxylic acids is 1. The van der Waals surface area contributed by atoms with Gasteiger partial charge in [-0.1, -0.05) is 36.4 Å². The number of pyridine rings is 1. The van der Waals surface area contributed by atoms with E-state index in [4.69, 9.17) is 16.3 Å². The standard InChI is InChI=1S/C26H24ClN3O3/c1-28-23-13-19(7-8-21(23)22-10-11-29(16-24(22)28)26(32)15-27)30-12-9-20(14-25(30)31)33-17-18-5-3-2-4-6-18/h2-9,12-14H,10-11,15-17H2,1H3. The number of alkyl halides is 1. The predicted octanol–water partition coefficient (Wildman–Crippen LogP) is 4.03. The van der Waals surface area contributed by atoms with Gasteiger partial charge in [0.05, 0.1) is 17.7 Å². The van der Waals surface area contributed by atoms with Crippen molar-refractivity contribution in [3.8, 4) is 11.4 Å². The van der Waals surface area contributed by atoms with Crippen LogP contribution in [0, 0.1) is 0 Å². The van der Waals surface area contributed by atoms with Gasteiger partial charge in [-0.2, -0.15) is 0 Å². The van der Waals surface area contributed by atoms with Gasteiger partial charge in [-0.15, -0.1) is 11.6 Å². The summed E-state index contributed by atoms with van der Waals surface area (Å²) in [4.78, 5) is 26.7. The Labute approximate surface area is 196 Å². The molecule has 5 rings (SSSR count). The highest BCUT2D eigenvalue weighted by Crippen LogP contribution is 2.31. The van der Waals surface area contributed by atoms with Crippen molar-refractivity contribution < 1.29 is 9.53 Å². The second kappa shape index (κ2) is 8.79. The Morgan fingerprint density at radius 3 is 2.67 bits per heavy atom. The summed E-state index contributed by atoms with van der Waals surface area (Å²) in [5, 5.41) is 1.16. The van der Waals surface area contributed by atoms with Gasteiger partial charge in [-0.05, 0) is 35.7 Å². The average Bonchev–Trinajstić information content (AvgIpc) is 3.13. The zero-order valence-corrected chi connectivity index (χ0v) is 19.1. The molecule has 0 spiro atoms. The molecule has 0 bridgehead atoms. The van der Waals surface area contributed by atoms with Gasteiger partial charge < -0.3 is 14.2 Å². The number of aromatic nitrogens is 2. The van der Waals surface area contributed by atoms with Gasteiger partial charge in [-0.25, -0.2) is 0 Å². The Morgan fingerprint density at radius 2 is 1.91 bits per heavy atom. The average molecular weight is 462 g/mol. The summed E-state index contributed by atoms with van der Waals surface area (Å²) >= 11 is 5.76. The van der Waals surface area contributed by atoms with Crippen LogP contribution in [0.1, 0.15) is 16.8 Å². The molecule has 0 atom stereocenters. The van der Waals surface area contributed by atoms with E-state index < -0.39 is 0 Å². The molecule has 2 aromatic heterocycles. The number of aryl methyl sites for hydroxylation is 1. The lowest BCUT2D eigenvalue weighted by Gasteiger charge is -2.27. The fourth-order valence-corrected chi connectivity index (χ4v) is 4.66. The molecule has 6 nitrogen and oxygen atoms in total. The number of ether oxygens (including phenoxy) is 1. The second-order valence-corrected chi connectivity index (χ2v) is 8.50. The van der Waals surface area contributed by atoms with Crippen molar-refractivity contribution >= 4 is 28.4 Å². The molecule has 3 heterocycles. The van der Waals surface area contributed by atoms with Crippen molar-refractivity contribution in [3.63, 3.8) is 0 Å². The summed E-state index contributed by atoms with van der Waals surface area (Å²) in [6.07, 6.45) is 2.54. The smallest absolute Gasteiger partial charge is 0.258 e. The summed E-state index contributed by atoms with van der Waals surface area (Å²) in [5.74, 6) is 0.492. The molecule has 1 amide bonds. The van der Waals surface area contributed by atoms with Crippen LogP contribution in [0.2, 0.25) is 0 Å². The molecule has 0 radical (unpaired) electrons. The van der Waals surface area contributed by atoms with E-state index in [9.17, 15) is 9.59 Å². The fraction of sp³-hybridized carbons (Fsp3) is 0.231. The zero-order chi connectivity index (χ0) is 22.9. The van der Waals surface area contributed by atoms with Gasteiger partial charge >= 0.3 is 0 Å². The van der Waals surface area contributed by atoms with Crippen molar-refractivity contribution in [2.75, 3.05) is 12.4 Å². The van der Waals surface area contributed by atoms with Gasteiger partial charge in [0.15, 0.2) is 0 Å². The third kappa shape index (κ3) is 4.02. The maximum absolute atomic E-state index is 12.8. The van der Waals surface area contributed by atoms with E-state index in [1.165, 1.54) is 11.6 Å². The van der Waals surface area contributed by atoms with Crippen LogP contribution in [0.25, 0.3) is 16.6 Å². The van der Waals surface area contributed by atoms with Gasteiger partial charge in [0.25, 0.3) is 5.56 Å². The van der Waals surface area contributed by atoms with Gasteiger partial charge in [-0.3, -0.25) is 14.2 Å². The molecule has 0 N–H and O–H groups in total. The maximum Gasteiger partial charge on any atom is 0.258 e. The lowest BCUT2D eigenvalue weighted by atomic mass is 10.0. The van der Waals surface area contributed by atoms with Crippen molar-refractivity contribution in [2.45, 2.75) is 19.6 Å². The quantitative estimate of drug-likeness (QED) is 0.422. The van der Waals surface area contributed by atoms with Crippen molar-refractivity contribution in [1.82, 2.24) is 14.0 Å². The first-order valence-electron chi connectivity index (χ1n) is 10.9. The third-order valence-corrected chi connectivity index (χ3v) is 6.51. The van der Waals surface area contributed by atoms with Crippen LogP contribution in [-0.4, -0.2) is 32.4 Å². The number of halogens is 1. The van der Waals surface area contributed by atoms with Gasteiger partial charge in [0, 0.05) is 36.9 Å². The number of nitrogens with zero attached hydrogens (tertiary/aromatic N) is 3. The largest absolute Gasteiger partial charge is 0.489 e. The number of hydrogen-bond donors (Lipinski definition) is 0. The van der Waals surface area contributed by atoms with E-state index in [1.54, 1.807) is 21.7 Å². The van der Waals surface area contributed by atoms with Crippen molar-refractivity contribution in [3.05, 3.63) is 94.0 Å². The predicted molar refractivity (Wildman–Crippen MR) is 129 cm³/mol. The SMILES string of the molecule is Cn1c2c(c3ccc(-n4ccc(OCc5ccccc5)cc4=O)cc31)CCN(C(=O)CCl)C2. The van der Waals surface area contributed by atoms with E-state index >= 15 is 0 Å². The second-order valence-electron chi connectivity index (χ2n) is 8.23. The highest BCUT2D eigenvalue weighted by atomic mass is 35.5. The van der Waals surface area contributed by atoms with Crippen LogP contribution < -0.4 is 10.3 Å². The molecule has 0 unspecified atom stereocenters. The number of fused-ring (bicyclic) bond motifs is 3. The Hall–Kier alpha value is -3.51. The summed E-state index contributed by atoms with van der Waals surface area (Å²) < 4.78 is 9.52. The fourth-order valence-electron chi connectivity index (χ4n) is 4.50. The minimum absolute atomic E-state index is 0.00258. The molecule has 0 saturated carbocycles. The molecule has 0 fully saturated rings. The molecule has 1 aliphatic heterocycles. The van der Waals surface area contributed by atoms with Gasteiger partial charge in [0.2, 0.25) is 5.91 Å². The van der Waals surface area contributed by atoms with E-state index in [2.05, 4.69) is 10.6 Å². The Kier molecular flexibility index (Phi) is 5.68. The summed E-state index contributed by atoms with van der Waals surface area (Å²) in [6, 6.07) is 19.2. The van der Waals surface area contributed by atoms with E-state index in [0.29, 0.717) is 25.4 Å². The summed E-state index contributed by atoms with van der Waals surface area (Å²) in [7, 11) is 2.00. The highest BCUT2D eigenvalue weighted by Gasteiger charge is 2.25. The van der Waals surface area contributed by atoms with Crippen LogP contribution in [-0.2, 0) is 31.4 Å². The minimum atomic E-state index is -0.155. The molecule has 33 heavy (non-hydrogen) atoms. The number of benzene rings is 2. The molecule has 7 heteroatoms. The number of carbonyl (C=O) groups is 1. The topological polar surface area (TPSA) is 56.5 Å². The molecule has 0 aliphatic carbocycles. The van der Waals surface area contributed by atoms with Crippen LogP contribution in [0.3, 0.4) is 0 Å². The van der Waals surface area contributed by atoms with Crippen LogP contribution >= 0.6 is 11.6 Å². The minimum Gasteiger partial charge on any atom is -0.489 e. The van der Waals surface area contributed by atoms with Crippen LogP contribution in [0.5, 0.6) is 5.75 Å². The monoisotopic (exact) mass is 461 g/mol. The lowest BCUT2D eigenvalue weighted by molar-refractivity contribution is -0.129.